The van der Waals surface area contributed by atoms with Crippen LogP contribution in [0.5, 0.6) is 5.75 Å². The molecule has 0 fully saturated rings. The molecule has 6 heteroatoms. The van der Waals surface area contributed by atoms with Gasteiger partial charge in [-0.15, -0.1) is 13.2 Å². The predicted octanol–water partition coefficient (Wildman–Crippen LogP) is 3.26. The molecule has 0 unspecified atom stereocenters. The van der Waals surface area contributed by atoms with Gasteiger partial charge in [-0.3, -0.25) is 0 Å². The van der Waals surface area contributed by atoms with E-state index in [1.807, 2.05) is 20.8 Å². The summed E-state index contributed by atoms with van der Waals surface area (Å²) in [5.41, 5.74) is 6.03. The van der Waals surface area contributed by atoms with Gasteiger partial charge >= 0.3 is 6.36 Å². The van der Waals surface area contributed by atoms with Crippen LogP contribution in [0.15, 0.2) is 18.2 Å². The number of hydrogen-bond acceptors (Lipinski definition) is 3. The van der Waals surface area contributed by atoms with E-state index in [-0.39, 0.29) is 24.1 Å². The van der Waals surface area contributed by atoms with Crippen molar-refractivity contribution in [1.82, 2.24) is 0 Å². The zero-order valence-corrected chi connectivity index (χ0v) is 11.8. The third-order valence-electron chi connectivity index (χ3n) is 2.85. The number of aliphatic hydroxyl groups excluding tert-OH is 1. The molecule has 0 aliphatic carbocycles. The molecule has 1 aromatic rings. The summed E-state index contributed by atoms with van der Waals surface area (Å²) in [7, 11) is 0. The zero-order chi connectivity index (χ0) is 15.6. The summed E-state index contributed by atoms with van der Waals surface area (Å²) in [6.45, 7) is 5.87. The van der Waals surface area contributed by atoms with Crippen molar-refractivity contribution < 1.29 is 23.0 Å². The summed E-state index contributed by atoms with van der Waals surface area (Å²) in [6.07, 6.45) is -5.39. The highest BCUT2D eigenvalue weighted by Crippen LogP contribution is 2.33. The van der Waals surface area contributed by atoms with Crippen molar-refractivity contribution in [2.75, 3.05) is 6.54 Å². The fourth-order valence-corrected chi connectivity index (χ4v) is 1.76. The summed E-state index contributed by atoms with van der Waals surface area (Å²) in [6, 6.07) is 4.22. The van der Waals surface area contributed by atoms with Gasteiger partial charge in [0.15, 0.2) is 0 Å². The molecule has 114 valence electrons. The highest BCUT2D eigenvalue weighted by Gasteiger charge is 2.32. The van der Waals surface area contributed by atoms with Gasteiger partial charge in [0.2, 0.25) is 0 Å². The van der Waals surface area contributed by atoms with Crippen LogP contribution in [-0.4, -0.2) is 18.0 Å². The van der Waals surface area contributed by atoms with E-state index in [0.29, 0.717) is 11.1 Å². The Balaban J connectivity index is 3.21. The minimum atomic E-state index is -4.76. The average Bonchev–Trinajstić information content (AvgIpc) is 2.25. The van der Waals surface area contributed by atoms with E-state index >= 15 is 0 Å². The highest BCUT2D eigenvalue weighted by molar-refractivity contribution is 5.38. The van der Waals surface area contributed by atoms with Gasteiger partial charge in [-0.2, -0.15) is 0 Å². The van der Waals surface area contributed by atoms with Gasteiger partial charge in [0.05, 0.1) is 6.10 Å². The molecule has 1 aromatic carbocycles. The van der Waals surface area contributed by atoms with Crippen LogP contribution in [0.25, 0.3) is 0 Å². The number of benzene rings is 1. The van der Waals surface area contributed by atoms with Crippen LogP contribution in [-0.2, 0) is 5.41 Å². The molecule has 20 heavy (non-hydrogen) atoms. The molecule has 0 saturated heterocycles. The Morgan fingerprint density at radius 1 is 1.20 bits per heavy atom. The molecule has 3 nitrogen and oxygen atoms in total. The quantitative estimate of drug-likeness (QED) is 0.895. The van der Waals surface area contributed by atoms with Crippen molar-refractivity contribution in [2.45, 2.75) is 45.1 Å². The first-order valence-corrected chi connectivity index (χ1v) is 6.32. The summed E-state index contributed by atoms with van der Waals surface area (Å²) >= 11 is 0. The van der Waals surface area contributed by atoms with Gasteiger partial charge in [0.1, 0.15) is 5.75 Å². The lowest BCUT2D eigenvalue weighted by atomic mass is 9.85. The second-order valence-electron chi connectivity index (χ2n) is 5.68. The molecule has 0 saturated carbocycles. The molecule has 0 heterocycles. The van der Waals surface area contributed by atoms with Crippen LogP contribution in [0.1, 0.15) is 44.4 Å². The van der Waals surface area contributed by atoms with Crippen LogP contribution >= 0.6 is 0 Å². The first-order valence-electron chi connectivity index (χ1n) is 6.32. The molecule has 0 bridgehead atoms. The minimum Gasteiger partial charge on any atom is -0.406 e. The van der Waals surface area contributed by atoms with Gasteiger partial charge in [-0.25, -0.2) is 0 Å². The van der Waals surface area contributed by atoms with Crippen LogP contribution in [0.2, 0.25) is 0 Å². The number of halogens is 3. The molecular formula is C14H20F3NO2. The first-order chi connectivity index (χ1) is 9.03. The minimum absolute atomic E-state index is 0.246. The van der Waals surface area contributed by atoms with Crippen LogP contribution in [0.3, 0.4) is 0 Å². The van der Waals surface area contributed by atoms with Crippen LogP contribution < -0.4 is 10.5 Å². The maximum Gasteiger partial charge on any atom is 0.573 e. The predicted molar refractivity (Wildman–Crippen MR) is 70.5 cm³/mol. The van der Waals surface area contributed by atoms with Gasteiger partial charge < -0.3 is 15.6 Å². The molecule has 1 atom stereocenters. The summed E-state index contributed by atoms with van der Waals surface area (Å²) < 4.78 is 41.0. The molecule has 0 amide bonds. The van der Waals surface area contributed by atoms with Gasteiger partial charge in [-0.05, 0) is 41.6 Å². The molecule has 0 aromatic heterocycles. The monoisotopic (exact) mass is 291 g/mol. The van der Waals surface area contributed by atoms with E-state index in [1.54, 1.807) is 6.07 Å². The van der Waals surface area contributed by atoms with E-state index in [0.717, 1.165) is 0 Å². The number of rotatable bonds is 4. The van der Waals surface area contributed by atoms with E-state index in [2.05, 4.69) is 4.74 Å². The molecule has 1 rings (SSSR count). The summed E-state index contributed by atoms with van der Waals surface area (Å²) in [4.78, 5) is 0. The number of hydrogen-bond donors (Lipinski definition) is 2. The molecule has 0 radical (unpaired) electrons. The Morgan fingerprint density at radius 2 is 1.80 bits per heavy atom. The lowest BCUT2D eigenvalue weighted by Crippen LogP contribution is -2.19. The standard InChI is InChI=1S/C14H20F3NO2/c1-13(2,3)10-6-9(12(19)4-5-18)7-11(8-10)20-14(15,16)17/h6-8,12,19H,4-5,18H2,1-3H3/t12-/m0/s1. The second-order valence-corrected chi connectivity index (χ2v) is 5.68. The number of nitrogens with two attached hydrogens (primary N) is 1. The lowest BCUT2D eigenvalue weighted by molar-refractivity contribution is -0.274. The summed E-state index contributed by atoms with van der Waals surface area (Å²) in [5.74, 6) is -0.323. The largest absolute Gasteiger partial charge is 0.573 e. The maximum atomic E-state index is 12.3. The van der Waals surface area contributed by atoms with Crippen molar-refractivity contribution >= 4 is 0 Å². The fourth-order valence-electron chi connectivity index (χ4n) is 1.76. The Labute approximate surface area is 116 Å². The van der Waals surface area contributed by atoms with E-state index in [9.17, 15) is 18.3 Å². The topological polar surface area (TPSA) is 55.5 Å². The molecule has 0 aliphatic heterocycles. The van der Waals surface area contributed by atoms with Crippen LogP contribution in [0, 0.1) is 0 Å². The van der Waals surface area contributed by atoms with Crippen molar-refractivity contribution in [1.29, 1.82) is 0 Å². The van der Waals surface area contributed by atoms with E-state index in [1.165, 1.54) is 12.1 Å². The van der Waals surface area contributed by atoms with Crippen LogP contribution in [0.4, 0.5) is 13.2 Å². The SMILES string of the molecule is CC(C)(C)c1cc(OC(F)(F)F)cc([C@@H](O)CCN)c1. The third-order valence-corrected chi connectivity index (χ3v) is 2.85. The fraction of sp³-hybridized carbons (Fsp3) is 0.571. The molecule has 0 spiro atoms. The highest BCUT2D eigenvalue weighted by atomic mass is 19.4. The van der Waals surface area contributed by atoms with Crippen molar-refractivity contribution in [3.8, 4) is 5.75 Å². The molecular weight excluding hydrogens is 271 g/mol. The Hall–Kier alpha value is -1.27. The Morgan fingerprint density at radius 3 is 2.25 bits per heavy atom. The number of aliphatic hydroxyl groups is 1. The van der Waals surface area contributed by atoms with Crippen molar-refractivity contribution in [3.05, 3.63) is 29.3 Å². The average molecular weight is 291 g/mol. The van der Waals surface area contributed by atoms with Gasteiger partial charge in [0, 0.05) is 0 Å². The molecule has 0 aliphatic rings. The van der Waals surface area contributed by atoms with Crippen molar-refractivity contribution in [3.63, 3.8) is 0 Å². The van der Waals surface area contributed by atoms with Gasteiger partial charge in [-0.1, -0.05) is 26.8 Å². The maximum absolute atomic E-state index is 12.3. The Bertz CT molecular complexity index is 453. The zero-order valence-electron chi connectivity index (χ0n) is 11.8. The summed E-state index contributed by atoms with van der Waals surface area (Å²) in [5, 5.41) is 9.92. The second kappa shape index (κ2) is 6.01. The third kappa shape index (κ3) is 5.02. The van der Waals surface area contributed by atoms with Crippen molar-refractivity contribution in [2.24, 2.45) is 5.73 Å². The number of ether oxygens (including phenoxy) is 1. The van der Waals surface area contributed by atoms with E-state index < -0.39 is 12.5 Å². The van der Waals surface area contributed by atoms with E-state index in [4.69, 9.17) is 5.73 Å². The lowest BCUT2D eigenvalue weighted by Gasteiger charge is -2.23. The molecule has 3 N–H and O–H groups in total. The Kier molecular flexibility index (Phi) is 5.05. The number of alkyl halides is 3. The van der Waals surface area contributed by atoms with Gasteiger partial charge in [0.25, 0.3) is 0 Å². The normalized spacial score (nSPS) is 14.2. The smallest absolute Gasteiger partial charge is 0.406 e. The first kappa shape index (κ1) is 16.8.